The maximum absolute atomic E-state index is 0. The van der Waals surface area contributed by atoms with Gasteiger partial charge in [0.15, 0.2) is 0 Å². The van der Waals surface area contributed by atoms with E-state index in [2.05, 4.69) is 0 Å². The molecule has 0 radical (unpaired) electrons. The minimum atomic E-state index is 0. The molecule has 5 heavy (non-hydrogen) atoms. The van der Waals surface area contributed by atoms with Gasteiger partial charge in [0.05, 0.1) is 0 Å². The van der Waals surface area contributed by atoms with Crippen LogP contribution in [0.2, 0.25) is 0 Å². The van der Waals surface area contributed by atoms with Gasteiger partial charge < -0.3 is 35.8 Å². The van der Waals surface area contributed by atoms with Crippen molar-refractivity contribution in [1.29, 1.82) is 0 Å². The van der Waals surface area contributed by atoms with Crippen LogP contribution in [0.5, 0.6) is 0 Å². The fraction of sp³-hybridized carbons (Fsp3) is 0. The predicted octanol–water partition coefficient (Wildman–Crippen LogP) is -6.23. The first-order chi connectivity index (χ1) is 0. The second kappa shape index (κ2) is 64.5. The minimum Gasteiger partial charge on any atom is -2.00 e. The predicted molar refractivity (Wildman–Crippen MR) is 1.37 cm³/mol. The molecule has 0 rings (SSSR count). The quantitative estimate of drug-likeness (QED) is 0.348. The number of hydrogen-bond donors (Lipinski definition) is 0. The normalized spacial score (nSPS) is 0. The van der Waals surface area contributed by atoms with Crippen LogP contribution in [0.1, 0.15) is 0 Å². The van der Waals surface area contributed by atoms with Gasteiger partial charge in [0.2, 0.25) is 0 Å². The summed E-state index contributed by atoms with van der Waals surface area (Å²) in [6.07, 6.45) is 0. The molecule has 0 aliphatic rings. The topological polar surface area (TPSA) is 57.0 Å². The Morgan fingerprint density at radius 1 is 0.600 bits per heavy atom. The van der Waals surface area contributed by atoms with E-state index in [0.29, 0.717) is 0 Å². The molecule has 0 aromatic heterocycles. The Balaban J connectivity index is 0. The molecule has 5 heteroatoms. The van der Waals surface area contributed by atoms with E-state index in [1.807, 2.05) is 0 Å². The summed E-state index contributed by atoms with van der Waals surface area (Å²) in [5, 5.41) is 0. The zero-order valence-electron chi connectivity index (χ0n) is 1.98. The standard InChI is InChI=1S/2ClH.Mo.2O/h2*1H;;;/q;;;2*-2/p-2. The van der Waals surface area contributed by atoms with Crippen molar-refractivity contribution in [3.05, 3.63) is 0 Å². The van der Waals surface area contributed by atoms with Crippen LogP contribution in [0.25, 0.3) is 0 Å². The van der Waals surface area contributed by atoms with E-state index in [1.165, 1.54) is 0 Å². The molecule has 0 aliphatic heterocycles. The molecule has 0 unspecified atom stereocenters. The third-order valence-corrected chi connectivity index (χ3v) is 0. The molecule has 0 aromatic carbocycles. The molecule has 0 aromatic rings. The van der Waals surface area contributed by atoms with E-state index >= 15 is 0 Å². The molecule has 0 heterocycles. The summed E-state index contributed by atoms with van der Waals surface area (Å²) in [5.74, 6) is 0. The molecule has 0 aliphatic carbocycles. The van der Waals surface area contributed by atoms with E-state index in [1.54, 1.807) is 0 Å². The van der Waals surface area contributed by atoms with Crippen molar-refractivity contribution in [3.63, 3.8) is 0 Å². The fourth-order valence-electron chi connectivity index (χ4n) is 0. The summed E-state index contributed by atoms with van der Waals surface area (Å²) >= 11 is 0. The van der Waals surface area contributed by atoms with Gasteiger partial charge in [0.1, 0.15) is 0 Å². The molecule has 0 N–H and O–H groups in total. The van der Waals surface area contributed by atoms with Crippen molar-refractivity contribution in [2.75, 3.05) is 0 Å². The third-order valence-electron chi connectivity index (χ3n) is 0. The van der Waals surface area contributed by atoms with E-state index in [4.69, 9.17) is 0 Å². The van der Waals surface area contributed by atoms with Crippen molar-refractivity contribution in [2.45, 2.75) is 0 Å². The zero-order valence-corrected chi connectivity index (χ0v) is 5.50. The first kappa shape index (κ1) is 118. The molecule has 38 valence electrons. The average Bonchev–Trinajstić information content (AvgIpc) is 0. The van der Waals surface area contributed by atoms with E-state index < -0.39 is 0 Å². The average molecular weight is 199 g/mol. The van der Waals surface area contributed by atoms with Crippen molar-refractivity contribution >= 4 is 0 Å². The van der Waals surface area contributed by atoms with Gasteiger partial charge in [-0.25, -0.2) is 0 Å². The summed E-state index contributed by atoms with van der Waals surface area (Å²) in [6, 6.07) is 0. The van der Waals surface area contributed by atoms with Gasteiger partial charge >= 0.3 is 0 Å². The molecule has 0 saturated heterocycles. The second-order valence-corrected chi connectivity index (χ2v) is 0. The van der Waals surface area contributed by atoms with Crippen molar-refractivity contribution in [1.82, 2.24) is 0 Å². The third kappa shape index (κ3) is 37.3. The Bertz CT molecular complexity index is 7.61. The molecule has 2 nitrogen and oxygen atoms in total. The van der Waals surface area contributed by atoms with Crippen LogP contribution >= 0.6 is 0 Å². The Labute approximate surface area is 57.0 Å². The van der Waals surface area contributed by atoms with Gasteiger partial charge in [-0.2, -0.15) is 0 Å². The van der Waals surface area contributed by atoms with Crippen LogP contribution in [0.4, 0.5) is 0 Å². The molecular weight excluding hydrogens is 199 g/mol. The van der Waals surface area contributed by atoms with Gasteiger partial charge in [-0.15, -0.1) is 0 Å². The van der Waals surface area contributed by atoms with Gasteiger partial charge in [-0.05, 0) is 0 Å². The molecular formula is Cl2MoO2-6. The van der Waals surface area contributed by atoms with Crippen molar-refractivity contribution in [3.8, 4) is 0 Å². The fourth-order valence-corrected chi connectivity index (χ4v) is 0. The zero-order chi connectivity index (χ0) is 0. The van der Waals surface area contributed by atoms with Crippen LogP contribution in [-0.2, 0) is 32.0 Å². The summed E-state index contributed by atoms with van der Waals surface area (Å²) < 4.78 is 0. The van der Waals surface area contributed by atoms with Gasteiger partial charge in [0, 0.05) is 21.1 Å². The van der Waals surface area contributed by atoms with Crippen LogP contribution in [0.3, 0.4) is 0 Å². The molecule has 0 saturated carbocycles. The van der Waals surface area contributed by atoms with Crippen LogP contribution in [0, 0.1) is 0 Å². The smallest absolute Gasteiger partial charge is 0 e. The van der Waals surface area contributed by atoms with Crippen LogP contribution in [-0.4, -0.2) is 0 Å². The molecule has 0 amide bonds. The number of hydrogen-bond acceptors (Lipinski definition) is 0. The monoisotopic (exact) mass is 200 g/mol. The van der Waals surface area contributed by atoms with Crippen LogP contribution < -0.4 is 24.8 Å². The Morgan fingerprint density at radius 3 is 0.600 bits per heavy atom. The second-order valence-electron chi connectivity index (χ2n) is 0. The molecule has 0 fully saturated rings. The first-order valence-corrected chi connectivity index (χ1v) is 0. The van der Waals surface area contributed by atoms with E-state index in [0.717, 1.165) is 0 Å². The maximum atomic E-state index is 0. The Hall–Kier alpha value is 1.19. The SMILES string of the molecule is [Cl-].[Cl-].[Mo].[O-2].[O-2]. The first-order valence-electron chi connectivity index (χ1n) is 0. The van der Waals surface area contributed by atoms with Crippen LogP contribution in [0.15, 0.2) is 0 Å². The summed E-state index contributed by atoms with van der Waals surface area (Å²) in [5.41, 5.74) is 0. The number of rotatable bonds is 0. The van der Waals surface area contributed by atoms with E-state index in [9.17, 15) is 0 Å². The molecule has 0 bridgehead atoms. The van der Waals surface area contributed by atoms with Crippen molar-refractivity contribution < 1.29 is 56.8 Å². The summed E-state index contributed by atoms with van der Waals surface area (Å²) in [7, 11) is 0. The van der Waals surface area contributed by atoms with Gasteiger partial charge in [-0.1, -0.05) is 0 Å². The van der Waals surface area contributed by atoms with Gasteiger partial charge in [-0.3, -0.25) is 0 Å². The maximum Gasteiger partial charge on any atom is 0 e. The van der Waals surface area contributed by atoms with Gasteiger partial charge in [0.25, 0.3) is 0 Å². The van der Waals surface area contributed by atoms with E-state index in [-0.39, 0.29) is 56.8 Å². The van der Waals surface area contributed by atoms with Crippen molar-refractivity contribution in [2.24, 2.45) is 0 Å². The minimum absolute atomic E-state index is 0. The largest absolute Gasteiger partial charge is 2.00 e. The molecule has 0 atom stereocenters. The molecule has 0 spiro atoms. The number of halogens is 2. The Morgan fingerprint density at radius 2 is 0.600 bits per heavy atom. The summed E-state index contributed by atoms with van der Waals surface area (Å²) in [6.45, 7) is 0. The Kier molecular flexibility index (Phi) is 1520. The summed E-state index contributed by atoms with van der Waals surface area (Å²) in [4.78, 5) is 0.